The van der Waals surface area contributed by atoms with E-state index in [1.165, 1.54) is 12.8 Å². The molecule has 4 heteroatoms. The number of hydrogen-bond donors (Lipinski definition) is 1. The standard InChI is InChI=1S/C9H17N3O/c1-2-3-4-5-8-11-12-9(13-8)6-7-10/h2-7,10H2,1H3. The Balaban J connectivity index is 2.31. The lowest BCUT2D eigenvalue weighted by molar-refractivity contribution is 0.443. The first-order valence-corrected chi connectivity index (χ1v) is 4.88. The number of hydrogen-bond acceptors (Lipinski definition) is 4. The van der Waals surface area contributed by atoms with Gasteiger partial charge in [-0.15, -0.1) is 10.2 Å². The number of aromatic nitrogens is 2. The molecule has 0 fully saturated rings. The maximum absolute atomic E-state index is 5.37. The molecule has 1 heterocycles. The van der Waals surface area contributed by atoms with Gasteiger partial charge < -0.3 is 10.2 Å². The summed E-state index contributed by atoms with van der Waals surface area (Å²) in [5.74, 6) is 1.41. The number of unbranched alkanes of at least 4 members (excludes halogenated alkanes) is 2. The summed E-state index contributed by atoms with van der Waals surface area (Å²) in [6.45, 7) is 2.74. The van der Waals surface area contributed by atoms with Crippen LogP contribution in [0.2, 0.25) is 0 Å². The Morgan fingerprint density at radius 2 is 1.85 bits per heavy atom. The van der Waals surface area contributed by atoms with Crippen LogP contribution in [0.3, 0.4) is 0 Å². The zero-order chi connectivity index (χ0) is 9.52. The molecule has 74 valence electrons. The van der Waals surface area contributed by atoms with Gasteiger partial charge in [0.15, 0.2) is 0 Å². The van der Waals surface area contributed by atoms with Crippen molar-refractivity contribution < 1.29 is 4.42 Å². The van der Waals surface area contributed by atoms with Crippen LogP contribution in [0.5, 0.6) is 0 Å². The van der Waals surface area contributed by atoms with Gasteiger partial charge in [0.05, 0.1) is 0 Å². The average Bonchev–Trinajstić information content (AvgIpc) is 2.54. The molecule has 0 atom stereocenters. The number of aryl methyl sites for hydroxylation is 1. The zero-order valence-electron chi connectivity index (χ0n) is 8.12. The third-order valence-electron chi connectivity index (χ3n) is 1.86. The van der Waals surface area contributed by atoms with Crippen molar-refractivity contribution >= 4 is 0 Å². The molecule has 0 aliphatic rings. The van der Waals surface area contributed by atoms with Crippen LogP contribution in [0.1, 0.15) is 38.0 Å². The van der Waals surface area contributed by atoms with Crippen molar-refractivity contribution in [3.8, 4) is 0 Å². The van der Waals surface area contributed by atoms with Crippen molar-refractivity contribution in [2.24, 2.45) is 5.73 Å². The highest BCUT2D eigenvalue weighted by molar-refractivity contribution is 4.82. The minimum absolute atomic E-state index is 0.566. The van der Waals surface area contributed by atoms with Gasteiger partial charge in [-0.3, -0.25) is 0 Å². The fourth-order valence-corrected chi connectivity index (χ4v) is 1.14. The summed E-state index contributed by atoms with van der Waals surface area (Å²) in [6.07, 6.45) is 5.13. The second-order valence-electron chi connectivity index (χ2n) is 3.09. The second-order valence-corrected chi connectivity index (χ2v) is 3.09. The van der Waals surface area contributed by atoms with Crippen molar-refractivity contribution in [2.75, 3.05) is 6.54 Å². The minimum Gasteiger partial charge on any atom is -0.425 e. The van der Waals surface area contributed by atoms with E-state index < -0.39 is 0 Å². The molecule has 0 aliphatic heterocycles. The Morgan fingerprint density at radius 3 is 2.46 bits per heavy atom. The molecular weight excluding hydrogens is 166 g/mol. The predicted octanol–water partition coefficient (Wildman–Crippen LogP) is 1.30. The van der Waals surface area contributed by atoms with Gasteiger partial charge in [0.25, 0.3) is 0 Å². The lowest BCUT2D eigenvalue weighted by Gasteiger charge is -1.92. The van der Waals surface area contributed by atoms with E-state index in [4.69, 9.17) is 10.2 Å². The minimum atomic E-state index is 0.566. The van der Waals surface area contributed by atoms with Crippen LogP contribution in [0, 0.1) is 0 Å². The van der Waals surface area contributed by atoms with Crippen molar-refractivity contribution in [3.05, 3.63) is 11.8 Å². The molecular formula is C9H17N3O. The van der Waals surface area contributed by atoms with Gasteiger partial charge in [0.2, 0.25) is 11.8 Å². The summed E-state index contributed by atoms with van der Waals surface area (Å²) in [4.78, 5) is 0. The van der Waals surface area contributed by atoms with E-state index >= 15 is 0 Å². The molecule has 0 unspecified atom stereocenters. The fourth-order valence-electron chi connectivity index (χ4n) is 1.14. The SMILES string of the molecule is CCCCCc1nnc(CCN)o1. The average molecular weight is 183 g/mol. The Hall–Kier alpha value is -0.900. The summed E-state index contributed by atoms with van der Waals surface area (Å²) < 4.78 is 5.37. The maximum Gasteiger partial charge on any atom is 0.217 e. The van der Waals surface area contributed by atoms with Crippen molar-refractivity contribution in [2.45, 2.75) is 39.0 Å². The van der Waals surface area contributed by atoms with Crippen LogP contribution in [-0.2, 0) is 12.8 Å². The van der Waals surface area contributed by atoms with Gasteiger partial charge in [-0.2, -0.15) is 0 Å². The van der Waals surface area contributed by atoms with Crippen LogP contribution in [0.15, 0.2) is 4.42 Å². The molecule has 1 rings (SSSR count). The molecule has 1 aromatic rings. The lowest BCUT2D eigenvalue weighted by Crippen LogP contribution is -2.02. The van der Waals surface area contributed by atoms with E-state index in [2.05, 4.69) is 17.1 Å². The van der Waals surface area contributed by atoms with Crippen molar-refractivity contribution in [3.63, 3.8) is 0 Å². The Labute approximate surface area is 78.5 Å². The normalized spacial score (nSPS) is 10.6. The molecule has 0 saturated carbocycles. The van der Waals surface area contributed by atoms with E-state index in [9.17, 15) is 0 Å². The molecule has 0 aromatic carbocycles. The fraction of sp³-hybridized carbons (Fsp3) is 0.778. The van der Waals surface area contributed by atoms with Gasteiger partial charge in [0, 0.05) is 19.4 Å². The van der Waals surface area contributed by atoms with Crippen molar-refractivity contribution in [1.29, 1.82) is 0 Å². The molecule has 0 saturated heterocycles. The third kappa shape index (κ3) is 3.55. The summed E-state index contributed by atoms with van der Waals surface area (Å²) in [5.41, 5.74) is 5.36. The first-order chi connectivity index (χ1) is 6.36. The van der Waals surface area contributed by atoms with Crippen molar-refractivity contribution in [1.82, 2.24) is 10.2 Å². The summed E-state index contributed by atoms with van der Waals surface area (Å²) >= 11 is 0. The van der Waals surface area contributed by atoms with Crippen LogP contribution in [-0.4, -0.2) is 16.7 Å². The monoisotopic (exact) mass is 183 g/mol. The number of rotatable bonds is 6. The van der Waals surface area contributed by atoms with Crippen LogP contribution in [0.25, 0.3) is 0 Å². The lowest BCUT2D eigenvalue weighted by atomic mass is 10.2. The topological polar surface area (TPSA) is 64.9 Å². The first kappa shape index (κ1) is 10.2. The van der Waals surface area contributed by atoms with Crippen LogP contribution in [0.4, 0.5) is 0 Å². The second kappa shape index (κ2) is 5.70. The van der Waals surface area contributed by atoms with E-state index in [1.54, 1.807) is 0 Å². The highest BCUT2D eigenvalue weighted by atomic mass is 16.4. The first-order valence-electron chi connectivity index (χ1n) is 4.88. The molecule has 13 heavy (non-hydrogen) atoms. The Bertz CT molecular complexity index is 235. The van der Waals surface area contributed by atoms with E-state index in [-0.39, 0.29) is 0 Å². The quantitative estimate of drug-likeness (QED) is 0.675. The zero-order valence-corrected chi connectivity index (χ0v) is 8.12. The smallest absolute Gasteiger partial charge is 0.217 e. The van der Waals surface area contributed by atoms with E-state index in [0.717, 1.165) is 18.7 Å². The Morgan fingerprint density at radius 1 is 1.15 bits per heavy atom. The maximum atomic E-state index is 5.37. The number of nitrogens with zero attached hydrogens (tertiary/aromatic N) is 2. The van der Waals surface area contributed by atoms with Gasteiger partial charge in [-0.25, -0.2) is 0 Å². The highest BCUT2D eigenvalue weighted by Gasteiger charge is 2.03. The highest BCUT2D eigenvalue weighted by Crippen LogP contribution is 2.05. The van der Waals surface area contributed by atoms with Gasteiger partial charge in [0.1, 0.15) is 0 Å². The van der Waals surface area contributed by atoms with E-state index in [1.807, 2.05) is 0 Å². The largest absolute Gasteiger partial charge is 0.425 e. The predicted molar refractivity (Wildman–Crippen MR) is 50.3 cm³/mol. The van der Waals surface area contributed by atoms with Gasteiger partial charge in [-0.1, -0.05) is 19.8 Å². The molecule has 0 radical (unpaired) electrons. The molecule has 0 aliphatic carbocycles. The molecule has 2 N–H and O–H groups in total. The van der Waals surface area contributed by atoms with Gasteiger partial charge in [-0.05, 0) is 6.42 Å². The number of nitrogens with two attached hydrogens (primary N) is 1. The molecule has 0 spiro atoms. The molecule has 1 aromatic heterocycles. The Kier molecular flexibility index (Phi) is 4.46. The van der Waals surface area contributed by atoms with Crippen LogP contribution >= 0.6 is 0 Å². The summed E-state index contributed by atoms with van der Waals surface area (Å²) in [7, 11) is 0. The van der Waals surface area contributed by atoms with E-state index in [0.29, 0.717) is 18.9 Å². The van der Waals surface area contributed by atoms with Gasteiger partial charge >= 0.3 is 0 Å². The van der Waals surface area contributed by atoms with Crippen LogP contribution < -0.4 is 5.73 Å². The molecule has 0 amide bonds. The molecule has 4 nitrogen and oxygen atoms in total. The summed E-state index contributed by atoms with van der Waals surface area (Å²) in [5, 5.41) is 7.82. The summed E-state index contributed by atoms with van der Waals surface area (Å²) in [6, 6.07) is 0. The third-order valence-corrected chi connectivity index (χ3v) is 1.86. The molecule has 0 bridgehead atoms.